The standard InChI is InChI=1S/C16H15FN4O.HI/c1-22-14-5-3-13(4-6-14)21-16(19)20-10-12-8-11(9-18)2-7-15(12)17;/h2-8H,10H2,1H3,(H3,19,20,21);1H. The summed E-state index contributed by atoms with van der Waals surface area (Å²) in [5.41, 5.74) is 7.21. The maximum atomic E-state index is 13.6. The molecular formula is C16H16FIN4O. The van der Waals surface area contributed by atoms with Gasteiger partial charge >= 0.3 is 0 Å². The number of nitrogens with zero attached hydrogens (tertiary/aromatic N) is 2. The number of nitrogens with one attached hydrogen (secondary N) is 1. The Labute approximate surface area is 151 Å². The molecule has 0 bridgehead atoms. The predicted octanol–water partition coefficient (Wildman–Crippen LogP) is 3.25. The Morgan fingerprint density at radius 3 is 2.61 bits per heavy atom. The number of hydrogen-bond donors (Lipinski definition) is 2. The Bertz CT molecular complexity index is 726. The Morgan fingerprint density at radius 1 is 1.30 bits per heavy atom. The van der Waals surface area contributed by atoms with Crippen molar-refractivity contribution in [3.63, 3.8) is 0 Å². The van der Waals surface area contributed by atoms with E-state index in [-0.39, 0.29) is 36.5 Å². The summed E-state index contributed by atoms with van der Waals surface area (Å²) >= 11 is 0. The van der Waals surface area contributed by atoms with Gasteiger partial charge in [0.15, 0.2) is 5.96 Å². The lowest BCUT2D eigenvalue weighted by molar-refractivity contribution is 0.415. The number of halogens is 2. The molecule has 2 aromatic carbocycles. The maximum absolute atomic E-state index is 13.6. The number of hydrogen-bond acceptors (Lipinski definition) is 3. The number of benzene rings is 2. The summed E-state index contributed by atoms with van der Waals surface area (Å²) in [7, 11) is 1.59. The van der Waals surface area contributed by atoms with Crippen molar-refractivity contribution >= 4 is 35.6 Å². The fourth-order valence-corrected chi connectivity index (χ4v) is 1.80. The lowest BCUT2D eigenvalue weighted by Gasteiger charge is -2.07. The van der Waals surface area contributed by atoms with E-state index < -0.39 is 5.82 Å². The van der Waals surface area contributed by atoms with Gasteiger partial charge in [0.25, 0.3) is 0 Å². The quantitative estimate of drug-likeness (QED) is 0.447. The summed E-state index contributed by atoms with van der Waals surface area (Å²) in [5, 5.41) is 11.7. The van der Waals surface area contributed by atoms with Gasteiger partial charge in [0, 0.05) is 11.3 Å². The normalized spacial score (nSPS) is 10.4. The SMILES string of the molecule is COc1ccc(NC(N)=NCc2cc(C#N)ccc2F)cc1.I. The van der Waals surface area contributed by atoms with Crippen molar-refractivity contribution in [3.05, 3.63) is 59.4 Å². The van der Waals surface area contributed by atoms with Crippen LogP contribution in [0.5, 0.6) is 5.75 Å². The zero-order valence-electron chi connectivity index (χ0n) is 12.4. The number of ether oxygens (including phenoxy) is 1. The molecule has 0 fully saturated rings. The van der Waals surface area contributed by atoms with Gasteiger partial charge in [-0.3, -0.25) is 0 Å². The molecule has 120 valence electrons. The molecule has 0 aliphatic carbocycles. The maximum Gasteiger partial charge on any atom is 0.193 e. The minimum atomic E-state index is -0.417. The third-order valence-corrected chi connectivity index (χ3v) is 2.96. The summed E-state index contributed by atoms with van der Waals surface area (Å²) < 4.78 is 18.7. The lowest BCUT2D eigenvalue weighted by atomic mass is 10.1. The number of rotatable bonds is 4. The van der Waals surface area contributed by atoms with Crippen LogP contribution in [-0.2, 0) is 6.54 Å². The Hall–Kier alpha value is -2.34. The van der Waals surface area contributed by atoms with Gasteiger partial charge in [0.1, 0.15) is 11.6 Å². The minimum Gasteiger partial charge on any atom is -0.497 e. The van der Waals surface area contributed by atoms with Crippen LogP contribution in [0.4, 0.5) is 10.1 Å². The number of guanidine groups is 1. The Morgan fingerprint density at radius 2 is 2.00 bits per heavy atom. The van der Waals surface area contributed by atoms with Gasteiger partial charge in [-0.15, -0.1) is 24.0 Å². The smallest absolute Gasteiger partial charge is 0.193 e. The molecule has 0 atom stereocenters. The number of methoxy groups -OCH3 is 1. The zero-order valence-corrected chi connectivity index (χ0v) is 14.7. The fourth-order valence-electron chi connectivity index (χ4n) is 1.80. The number of aliphatic imine (C=N–C) groups is 1. The average Bonchev–Trinajstić information content (AvgIpc) is 2.55. The zero-order chi connectivity index (χ0) is 15.9. The summed E-state index contributed by atoms with van der Waals surface area (Å²) in [6.45, 7) is 0.0519. The van der Waals surface area contributed by atoms with E-state index in [1.807, 2.05) is 6.07 Å². The van der Waals surface area contributed by atoms with Gasteiger partial charge in [-0.05, 0) is 42.5 Å². The van der Waals surface area contributed by atoms with E-state index in [4.69, 9.17) is 15.7 Å². The topological polar surface area (TPSA) is 83.4 Å². The summed E-state index contributed by atoms with van der Waals surface area (Å²) in [6, 6.07) is 13.2. The van der Waals surface area contributed by atoms with E-state index in [0.29, 0.717) is 11.1 Å². The Balaban J connectivity index is 0.00000264. The molecule has 5 nitrogen and oxygen atoms in total. The number of anilines is 1. The summed E-state index contributed by atoms with van der Waals surface area (Å²) in [4.78, 5) is 4.07. The molecule has 0 amide bonds. The minimum absolute atomic E-state index is 0. The van der Waals surface area contributed by atoms with Crippen LogP contribution in [0.25, 0.3) is 0 Å². The third-order valence-electron chi connectivity index (χ3n) is 2.96. The molecule has 0 aromatic heterocycles. The van der Waals surface area contributed by atoms with Crippen LogP contribution in [0, 0.1) is 17.1 Å². The predicted molar refractivity (Wildman–Crippen MR) is 98.5 cm³/mol. The average molecular weight is 426 g/mol. The van der Waals surface area contributed by atoms with Gasteiger partial charge in [0.2, 0.25) is 0 Å². The van der Waals surface area contributed by atoms with Gasteiger partial charge in [-0.2, -0.15) is 5.26 Å². The molecule has 0 aliphatic rings. The molecule has 0 spiro atoms. The van der Waals surface area contributed by atoms with Gasteiger partial charge < -0.3 is 15.8 Å². The van der Waals surface area contributed by atoms with Crippen molar-refractivity contribution in [1.82, 2.24) is 0 Å². The first kappa shape index (κ1) is 18.7. The highest BCUT2D eigenvalue weighted by Crippen LogP contribution is 2.15. The van der Waals surface area contributed by atoms with E-state index in [0.717, 1.165) is 11.4 Å². The molecule has 0 saturated carbocycles. The number of nitriles is 1. The van der Waals surface area contributed by atoms with Crippen molar-refractivity contribution in [2.75, 3.05) is 12.4 Å². The molecular weight excluding hydrogens is 410 g/mol. The van der Waals surface area contributed by atoms with E-state index in [1.54, 1.807) is 31.4 Å². The molecule has 23 heavy (non-hydrogen) atoms. The van der Waals surface area contributed by atoms with Crippen molar-refractivity contribution in [3.8, 4) is 11.8 Å². The summed E-state index contributed by atoms with van der Waals surface area (Å²) in [6.07, 6.45) is 0. The van der Waals surface area contributed by atoms with E-state index in [2.05, 4.69) is 10.3 Å². The largest absolute Gasteiger partial charge is 0.497 e. The highest BCUT2D eigenvalue weighted by Gasteiger charge is 2.03. The molecule has 0 unspecified atom stereocenters. The molecule has 2 aromatic rings. The molecule has 7 heteroatoms. The van der Waals surface area contributed by atoms with Crippen LogP contribution >= 0.6 is 24.0 Å². The van der Waals surface area contributed by atoms with Crippen molar-refractivity contribution in [2.24, 2.45) is 10.7 Å². The monoisotopic (exact) mass is 426 g/mol. The second kappa shape index (κ2) is 8.95. The van der Waals surface area contributed by atoms with Gasteiger partial charge in [-0.25, -0.2) is 9.38 Å². The molecule has 0 aliphatic heterocycles. The molecule has 0 radical (unpaired) electrons. The van der Waals surface area contributed by atoms with Crippen LogP contribution in [0.15, 0.2) is 47.5 Å². The highest BCUT2D eigenvalue weighted by atomic mass is 127. The number of nitrogens with two attached hydrogens (primary N) is 1. The first-order chi connectivity index (χ1) is 10.6. The van der Waals surface area contributed by atoms with Gasteiger partial charge in [0.05, 0.1) is 25.3 Å². The first-order valence-corrected chi connectivity index (χ1v) is 6.52. The molecule has 0 saturated heterocycles. The van der Waals surface area contributed by atoms with Crippen LogP contribution in [0.1, 0.15) is 11.1 Å². The first-order valence-electron chi connectivity index (χ1n) is 6.52. The lowest BCUT2D eigenvalue weighted by Crippen LogP contribution is -2.22. The van der Waals surface area contributed by atoms with Gasteiger partial charge in [-0.1, -0.05) is 0 Å². The Kier molecular flexibility index (Phi) is 7.28. The fraction of sp³-hybridized carbons (Fsp3) is 0.125. The molecule has 0 heterocycles. The second-order valence-corrected chi connectivity index (χ2v) is 4.47. The van der Waals surface area contributed by atoms with Crippen LogP contribution < -0.4 is 15.8 Å². The molecule has 3 N–H and O–H groups in total. The molecule has 2 rings (SSSR count). The summed E-state index contributed by atoms with van der Waals surface area (Å²) in [5.74, 6) is 0.475. The highest BCUT2D eigenvalue weighted by molar-refractivity contribution is 14.0. The van der Waals surface area contributed by atoms with E-state index in [1.165, 1.54) is 18.2 Å². The van der Waals surface area contributed by atoms with Crippen molar-refractivity contribution in [1.29, 1.82) is 5.26 Å². The second-order valence-electron chi connectivity index (χ2n) is 4.47. The van der Waals surface area contributed by atoms with Crippen molar-refractivity contribution in [2.45, 2.75) is 6.54 Å². The van der Waals surface area contributed by atoms with Crippen molar-refractivity contribution < 1.29 is 9.13 Å². The van der Waals surface area contributed by atoms with Crippen LogP contribution in [0.3, 0.4) is 0 Å². The van der Waals surface area contributed by atoms with E-state index >= 15 is 0 Å². The van der Waals surface area contributed by atoms with Crippen LogP contribution in [-0.4, -0.2) is 13.1 Å². The van der Waals surface area contributed by atoms with Crippen LogP contribution in [0.2, 0.25) is 0 Å². The van der Waals surface area contributed by atoms with E-state index in [9.17, 15) is 4.39 Å². The third kappa shape index (κ3) is 5.41.